The van der Waals surface area contributed by atoms with Gasteiger partial charge in [0, 0.05) is 21.2 Å². The number of rotatable bonds is 4. The molecule has 1 N–H and O–H groups in total. The highest BCUT2D eigenvalue weighted by Gasteiger charge is 2.15. The van der Waals surface area contributed by atoms with Gasteiger partial charge in [-0.05, 0) is 32.9 Å². The molecule has 0 aromatic carbocycles. The van der Waals surface area contributed by atoms with Gasteiger partial charge in [0.05, 0.1) is 6.04 Å². The summed E-state index contributed by atoms with van der Waals surface area (Å²) in [7, 11) is 0. The van der Waals surface area contributed by atoms with E-state index in [1.165, 1.54) is 9.75 Å². The van der Waals surface area contributed by atoms with E-state index < -0.39 is 0 Å². The Morgan fingerprint density at radius 2 is 1.85 bits per heavy atom. The molecule has 0 bridgehead atoms. The summed E-state index contributed by atoms with van der Waals surface area (Å²) in [6, 6.07) is 4.50. The quantitative estimate of drug-likeness (QED) is 0.798. The predicted molar refractivity (Wildman–Crippen MR) is 87.0 cm³/mol. The zero-order valence-corrected chi connectivity index (χ0v) is 14.1. The normalized spacial score (nSPS) is 12.8. The number of aromatic nitrogens is 2. The molecule has 2 aromatic heterocycles. The van der Waals surface area contributed by atoms with E-state index in [1.807, 2.05) is 6.92 Å². The standard InChI is InChI=1S/C15H20ClN3S/c1-8(2)14-18-13(16)10(4)15(19-14)17-11(5)12-7-6-9(3)20-12/h6-8,11H,1-5H3,(H,17,18,19). The number of aryl methyl sites for hydroxylation is 1. The van der Waals surface area contributed by atoms with Gasteiger partial charge < -0.3 is 5.32 Å². The lowest BCUT2D eigenvalue weighted by atomic mass is 10.2. The lowest BCUT2D eigenvalue weighted by molar-refractivity contribution is 0.766. The maximum absolute atomic E-state index is 6.21. The van der Waals surface area contributed by atoms with Crippen LogP contribution in [0.2, 0.25) is 5.15 Å². The first-order valence-corrected chi connectivity index (χ1v) is 7.94. The van der Waals surface area contributed by atoms with Crippen molar-refractivity contribution in [3.63, 3.8) is 0 Å². The molecule has 3 nitrogen and oxygen atoms in total. The molecule has 0 radical (unpaired) electrons. The fourth-order valence-electron chi connectivity index (χ4n) is 1.87. The Balaban J connectivity index is 2.28. The molecule has 0 aliphatic carbocycles. The molecule has 0 aliphatic heterocycles. The summed E-state index contributed by atoms with van der Waals surface area (Å²) in [6.07, 6.45) is 0. The summed E-state index contributed by atoms with van der Waals surface area (Å²) in [5.74, 6) is 1.86. The molecule has 0 spiro atoms. The van der Waals surface area contributed by atoms with Gasteiger partial charge >= 0.3 is 0 Å². The molecule has 1 unspecified atom stereocenters. The third-order valence-electron chi connectivity index (χ3n) is 3.16. The van der Waals surface area contributed by atoms with Crippen LogP contribution in [0.15, 0.2) is 12.1 Å². The van der Waals surface area contributed by atoms with Gasteiger partial charge in [-0.15, -0.1) is 11.3 Å². The number of thiophene rings is 1. The first-order chi connectivity index (χ1) is 9.38. The van der Waals surface area contributed by atoms with Crippen molar-refractivity contribution in [2.45, 2.75) is 46.6 Å². The molecule has 20 heavy (non-hydrogen) atoms. The van der Waals surface area contributed by atoms with Crippen LogP contribution in [0.3, 0.4) is 0 Å². The van der Waals surface area contributed by atoms with Gasteiger partial charge in [0.1, 0.15) is 16.8 Å². The minimum absolute atomic E-state index is 0.207. The molecule has 0 saturated carbocycles. The molecule has 0 amide bonds. The largest absolute Gasteiger partial charge is 0.362 e. The predicted octanol–water partition coefficient (Wildman–Crippen LogP) is 5.10. The average Bonchev–Trinajstić information content (AvgIpc) is 2.81. The fraction of sp³-hybridized carbons (Fsp3) is 0.467. The highest BCUT2D eigenvalue weighted by molar-refractivity contribution is 7.12. The third-order valence-corrected chi connectivity index (χ3v) is 4.71. The topological polar surface area (TPSA) is 37.8 Å². The minimum atomic E-state index is 0.207. The summed E-state index contributed by atoms with van der Waals surface area (Å²) in [5, 5.41) is 3.98. The number of hydrogen-bond donors (Lipinski definition) is 1. The van der Waals surface area contributed by atoms with Crippen LogP contribution in [0, 0.1) is 13.8 Å². The third kappa shape index (κ3) is 3.30. The molecule has 5 heteroatoms. The minimum Gasteiger partial charge on any atom is -0.362 e. The number of hydrogen-bond acceptors (Lipinski definition) is 4. The van der Waals surface area contributed by atoms with E-state index in [9.17, 15) is 0 Å². The van der Waals surface area contributed by atoms with Crippen LogP contribution in [-0.2, 0) is 0 Å². The lowest BCUT2D eigenvalue weighted by Gasteiger charge is -2.17. The molecular weight excluding hydrogens is 290 g/mol. The summed E-state index contributed by atoms with van der Waals surface area (Å²) in [4.78, 5) is 11.5. The van der Waals surface area contributed by atoms with Gasteiger partial charge in [0.15, 0.2) is 0 Å². The zero-order chi connectivity index (χ0) is 14.9. The van der Waals surface area contributed by atoms with E-state index in [0.29, 0.717) is 5.15 Å². The molecule has 0 fully saturated rings. The van der Waals surface area contributed by atoms with Crippen molar-refractivity contribution in [2.24, 2.45) is 0 Å². The second-order valence-electron chi connectivity index (χ2n) is 5.32. The second kappa shape index (κ2) is 6.10. The highest BCUT2D eigenvalue weighted by atomic mass is 35.5. The Labute approximate surface area is 129 Å². The summed E-state index contributed by atoms with van der Waals surface area (Å²) < 4.78 is 0. The Hall–Kier alpha value is -1.13. The van der Waals surface area contributed by atoms with Gasteiger partial charge in [0.25, 0.3) is 0 Å². The molecule has 1 atom stereocenters. The van der Waals surface area contributed by atoms with E-state index in [2.05, 4.69) is 55.1 Å². The summed E-state index contributed by atoms with van der Waals surface area (Å²) in [6.45, 7) is 10.3. The number of nitrogens with one attached hydrogen (secondary N) is 1. The van der Waals surface area contributed by atoms with Crippen LogP contribution in [0.5, 0.6) is 0 Å². The highest BCUT2D eigenvalue weighted by Crippen LogP contribution is 2.29. The van der Waals surface area contributed by atoms with Gasteiger partial charge in [-0.2, -0.15) is 0 Å². The Morgan fingerprint density at radius 3 is 2.40 bits per heavy atom. The summed E-state index contributed by atoms with van der Waals surface area (Å²) in [5.41, 5.74) is 0.899. The Bertz CT molecular complexity index is 607. The van der Waals surface area contributed by atoms with Crippen molar-refractivity contribution < 1.29 is 0 Å². The van der Waals surface area contributed by atoms with Crippen LogP contribution in [-0.4, -0.2) is 9.97 Å². The van der Waals surface area contributed by atoms with E-state index in [4.69, 9.17) is 11.6 Å². The molecule has 108 valence electrons. The van der Waals surface area contributed by atoms with Crippen LogP contribution >= 0.6 is 22.9 Å². The molecule has 2 heterocycles. The molecular formula is C15H20ClN3S. The second-order valence-corrected chi connectivity index (χ2v) is 6.99. The van der Waals surface area contributed by atoms with Gasteiger partial charge in [-0.3, -0.25) is 0 Å². The number of nitrogens with zero attached hydrogens (tertiary/aromatic N) is 2. The molecule has 0 saturated heterocycles. The molecule has 0 aliphatic rings. The van der Waals surface area contributed by atoms with E-state index in [-0.39, 0.29) is 12.0 Å². The van der Waals surface area contributed by atoms with Crippen molar-refractivity contribution in [2.75, 3.05) is 5.32 Å². The van der Waals surface area contributed by atoms with Gasteiger partial charge in [-0.1, -0.05) is 25.4 Å². The maximum atomic E-state index is 6.21. The Kier molecular flexibility index (Phi) is 4.66. The van der Waals surface area contributed by atoms with Gasteiger partial charge in [0.2, 0.25) is 0 Å². The van der Waals surface area contributed by atoms with E-state index >= 15 is 0 Å². The van der Waals surface area contributed by atoms with Crippen LogP contribution in [0.25, 0.3) is 0 Å². The smallest absolute Gasteiger partial charge is 0.137 e. The van der Waals surface area contributed by atoms with Crippen molar-refractivity contribution in [1.82, 2.24) is 9.97 Å². The maximum Gasteiger partial charge on any atom is 0.137 e. The monoisotopic (exact) mass is 309 g/mol. The van der Waals surface area contributed by atoms with Crippen molar-refractivity contribution in [1.29, 1.82) is 0 Å². The van der Waals surface area contributed by atoms with E-state index in [0.717, 1.165) is 17.2 Å². The average molecular weight is 310 g/mol. The van der Waals surface area contributed by atoms with Crippen molar-refractivity contribution >= 4 is 28.8 Å². The van der Waals surface area contributed by atoms with Gasteiger partial charge in [-0.25, -0.2) is 9.97 Å². The lowest BCUT2D eigenvalue weighted by Crippen LogP contribution is -2.11. The first-order valence-electron chi connectivity index (χ1n) is 6.75. The van der Waals surface area contributed by atoms with Crippen molar-refractivity contribution in [3.8, 4) is 0 Å². The van der Waals surface area contributed by atoms with Crippen LogP contribution in [0.4, 0.5) is 5.82 Å². The van der Waals surface area contributed by atoms with Crippen LogP contribution in [0.1, 0.15) is 53.9 Å². The molecule has 2 aromatic rings. The number of halogens is 1. The summed E-state index contributed by atoms with van der Waals surface area (Å²) >= 11 is 8.00. The molecule has 2 rings (SSSR count). The van der Waals surface area contributed by atoms with Crippen LogP contribution < -0.4 is 5.32 Å². The SMILES string of the molecule is Cc1ccc(C(C)Nc2nc(C(C)C)nc(Cl)c2C)s1. The fourth-order valence-corrected chi connectivity index (χ4v) is 2.92. The Morgan fingerprint density at radius 1 is 1.15 bits per heavy atom. The number of anilines is 1. The van der Waals surface area contributed by atoms with Crippen molar-refractivity contribution in [3.05, 3.63) is 38.4 Å². The zero-order valence-electron chi connectivity index (χ0n) is 12.5. The van der Waals surface area contributed by atoms with E-state index in [1.54, 1.807) is 11.3 Å². The first kappa shape index (κ1) is 15.3.